The van der Waals surface area contributed by atoms with Crippen LogP contribution < -0.4 is 0 Å². The first kappa shape index (κ1) is 13.7. The summed E-state index contributed by atoms with van der Waals surface area (Å²) in [4.78, 5) is 9.79. The van der Waals surface area contributed by atoms with Gasteiger partial charge in [-0.25, -0.2) is 9.97 Å². The van der Waals surface area contributed by atoms with Gasteiger partial charge in [-0.2, -0.15) is 0 Å². The van der Waals surface area contributed by atoms with Crippen LogP contribution in [0.4, 0.5) is 0 Å². The fourth-order valence-corrected chi connectivity index (χ4v) is 3.19. The fourth-order valence-electron chi connectivity index (χ4n) is 1.45. The van der Waals surface area contributed by atoms with Gasteiger partial charge in [-0.05, 0) is 37.3 Å². The number of hydrogen-bond donors (Lipinski definition) is 0. The van der Waals surface area contributed by atoms with E-state index in [1.54, 1.807) is 17.8 Å². The summed E-state index contributed by atoms with van der Waals surface area (Å²) >= 11 is 9.11. The molecule has 0 N–H and O–H groups in total. The number of thioether (sulfide) groups is 1. The Labute approximate surface area is 121 Å². The molecular weight excluding hydrogens is 284 g/mol. The van der Waals surface area contributed by atoms with Crippen molar-refractivity contribution in [1.82, 2.24) is 9.97 Å². The van der Waals surface area contributed by atoms with Crippen LogP contribution in [-0.4, -0.2) is 16.2 Å². The molecule has 0 unspecified atom stereocenters. The maximum absolute atomic E-state index is 5.99. The summed E-state index contributed by atoms with van der Waals surface area (Å²) < 4.78 is 0. The van der Waals surface area contributed by atoms with Crippen molar-refractivity contribution in [3.8, 4) is 0 Å². The Bertz CT molecular complexity index is 573. The largest absolute Gasteiger partial charge is 0.216 e. The lowest BCUT2D eigenvalue weighted by Gasteiger charge is -2.07. The maximum Gasteiger partial charge on any atom is 0.189 e. The molecule has 18 heavy (non-hydrogen) atoms. The topological polar surface area (TPSA) is 25.8 Å². The highest BCUT2D eigenvalue weighted by Gasteiger charge is 2.06. The number of benzene rings is 1. The van der Waals surface area contributed by atoms with E-state index in [0.717, 1.165) is 5.03 Å². The number of aromatic nitrogens is 2. The standard InChI is InChI=1S/C13H13ClN2S2/c1-8-4-5-9(2)10(6-8)18-12-7-11(14)15-13(16-12)17-3/h4-7H,1-3H3. The van der Waals surface area contributed by atoms with E-state index in [2.05, 4.69) is 42.0 Å². The summed E-state index contributed by atoms with van der Waals surface area (Å²) in [7, 11) is 0. The fraction of sp³-hybridized carbons (Fsp3) is 0.231. The van der Waals surface area contributed by atoms with Crippen molar-refractivity contribution in [3.05, 3.63) is 40.5 Å². The van der Waals surface area contributed by atoms with E-state index in [0.29, 0.717) is 10.3 Å². The second-order valence-electron chi connectivity index (χ2n) is 3.89. The Morgan fingerprint density at radius 3 is 2.61 bits per heavy atom. The predicted molar refractivity (Wildman–Crippen MR) is 78.9 cm³/mol. The Kier molecular flexibility index (Phi) is 4.54. The van der Waals surface area contributed by atoms with Crippen molar-refractivity contribution in [1.29, 1.82) is 0 Å². The first-order chi connectivity index (χ1) is 8.58. The highest BCUT2D eigenvalue weighted by Crippen LogP contribution is 2.31. The van der Waals surface area contributed by atoms with Gasteiger partial charge >= 0.3 is 0 Å². The van der Waals surface area contributed by atoms with Gasteiger partial charge in [0.2, 0.25) is 0 Å². The van der Waals surface area contributed by atoms with Crippen molar-refractivity contribution in [2.45, 2.75) is 28.9 Å². The van der Waals surface area contributed by atoms with Gasteiger partial charge in [0.1, 0.15) is 10.2 Å². The van der Waals surface area contributed by atoms with Gasteiger partial charge in [-0.3, -0.25) is 0 Å². The molecule has 5 heteroatoms. The summed E-state index contributed by atoms with van der Waals surface area (Å²) in [5.74, 6) is 0. The third-order valence-electron chi connectivity index (χ3n) is 2.39. The maximum atomic E-state index is 5.99. The number of aryl methyl sites for hydroxylation is 2. The summed E-state index contributed by atoms with van der Waals surface area (Å²) in [5.41, 5.74) is 2.49. The average Bonchev–Trinajstić information content (AvgIpc) is 2.33. The van der Waals surface area contributed by atoms with E-state index in [4.69, 9.17) is 11.6 Å². The van der Waals surface area contributed by atoms with E-state index in [-0.39, 0.29) is 0 Å². The van der Waals surface area contributed by atoms with E-state index in [1.165, 1.54) is 27.8 Å². The Hall–Kier alpha value is -0.710. The van der Waals surface area contributed by atoms with E-state index in [1.807, 2.05) is 6.26 Å². The minimum absolute atomic E-state index is 0.488. The van der Waals surface area contributed by atoms with Gasteiger partial charge in [0.15, 0.2) is 5.16 Å². The average molecular weight is 297 g/mol. The van der Waals surface area contributed by atoms with Gasteiger partial charge in [-0.1, -0.05) is 47.3 Å². The Morgan fingerprint density at radius 1 is 1.11 bits per heavy atom. The van der Waals surface area contributed by atoms with Crippen LogP contribution >= 0.6 is 35.1 Å². The monoisotopic (exact) mass is 296 g/mol. The summed E-state index contributed by atoms with van der Waals surface area (Å²) in [6, 6.07) is 8.19. The third kappa shape index (κ3) is 3.40. The van der Waals surface area contributed by atoms with Crippen LogP contribution in [0.1, 0.15) is 11.1 Å². The van der Waals surface area contributed by atoms with Crippen molar-refractivity contribution >= 4 is 35.1 Å². The molecule has 0 fully saturated rings. The highest BCUT2D eigenvalue weighted by atomic mass is 35.5. The van der Waals surface area contributed by atoms with Crippen LogP contribution in [0.15, 0.2) is 39.3 Å². The first-order valence-corrected chi connectivity index (χ1v) is 7.84. The molecule has 2 nitrogen and oxygen atoms in total. The normalized spacial score (nSPS) is 10.7. The number of nitrogens with zero attached hydrogens (tertiary/aromatic N) is 2. The Balaban J connectivity index is 2.33. The summed E-state index contributed by atoms with van der Waals surface area (Å²) in [6.07, 6.45) is 1.94. The highest BCUT2D eigenvalue weighted by molar-refractivity contribution is 7.99. The van der Waals surface area contributed by atoms with Gasteiger partial charge in [0.05, 0.1) is 0 Å². The van der Waals surface area contributed by atoms with Crippen molar-refractivity contribution in [2.75, 3.05) is 6.26 Å². The minimum atomic E-state index is 0.488. The predicted octanol–water partition coefficient (Wildman–Crippen LogP) is 4.62. The third-order valence-corrected chi connectivity index (χ3v) is 4.21. The lowest BCUT2D eigenvalue weighted by Crippen LogP contribution is -1.90. The lowest BCUT2D eigenvalue weighted by atomic mass is 10.2. The van der Waals surface area contributed by atoms with E-state index >= 15 is 0 Å². The molecule has 1 heterocycles. The van der Waals surface area contributed by atoms with Gasteiger partial charge < -0.3 is 0 Å². The molecule has 0 aliphatic rings. The zero-order chi connectivity index (χ0) is 13.1. The first-order valence-electron chi connectivity index (χ1n) is 5.42. The van der Waals surface area contributed by atoms with Gasteiger partial charge in [0, 0.05) is 11.0 Å². The molecule has 0 saturated heterocycles. The van der Waals surface area contributed by atoms with Crippen LogP contribution in [0.25, 0.3) is 0 Å². The molecule has 1 aromatic heterocycles. The molecule has 0 saturated carbocycles. The van der Waals surface area contributed by atoms with Gasteiger partial charge in [-0.15, -0.1) is 0 Å². The summed E-state index contributed by atoms with van der Waals surface area (Å²) in [6.45, 7) is 4.18. The smallest absolute Gasteiger partial charge is 0.189 e. The van der Waals surface area contributed by atoms with Crippen LogP contribution in [-0.2, 0) is 0 Å². The molecule has 2 rings (SSSR count). The molecule has 0 aliphatic carbocycles. The van der Waals surface area contributed by atoms with Crippen molar-refractivity contribution in [2.24, 2.45) is 0 Å². The Morgan fingerprint density at radius 2 is 1.89 bits per heavy atom. The van der Waals surface area contributed by atoms with Crippen LogP contribution in [0.2, 0.25) is 5.15 Å². The SMILES string of the molecule is CSc1nc(Cl)cc(Sc2cc(C)ccc2C)n1. The molecule has 0 amide bonds. The van der Waals surface area contributed by atoms with Crippen molar-refractivity contribution < 1.29 is 0 Å². The molecule has 2 aromatic rings. The zero-order valence-electron chi connectivity index (χ0n) is 10.4. The number of hydrogen-bond acceptors (Lipinski definition) is 4. The molecule has 94 valence electrons. The van der Waals surface area contributed by atoms with E-state index in [9.17, 15) is 0 Å². The zero-order valence-corrected chi connectivity index (χ0v) is 12.8. The van der Waals surface area contributed by atoms with Crippen LogP contribution in [0.5, 0.6) is 0 Å². The molecule has 0 spiro atoms. The van der Waals surface area contributed by atoms with Crippen molar-refractivity contribution in [3.63, 3.8) is 0 Å². The molecule has 0 aliphatic heterocycles. The minimum Gasteiger partial charge on any atom is -0.216 e. The van der Waals surface area contributed by atoms with Crippen LogP contribution in [0.3, 0.4) is 0 Å². The lowest BCUT2D eigenvalue weighted by molar-refractivity contribution is 0.894. The summed E-state index contributed by atoms with van der Waals surface area (Å²) in [5, 5.41) is 2.07. The molecule has 0 bridgehead atoms. The molecular formula is C13H13ClN2S2. The molecule has 0 atom stereocenters. The van der Waals surface area contributed by atoms with E-state index < -0.39 is 0 Å². The van der Waals surface area contributed by atoms with Gasteiger partial charge in [0.25, 0.3) is 0 Å². The van der Waals surface area contributed by atoms with Crippen LogP contribution in [0, 0.1) is 13.8 Å². The second-order valence-corrected chi connectivity index (χ2v) is 6.11. The quantitative estimate of drug-likeness (QED) is 0.469. The number of rotatable bonds is 3. The number of halogens is 1. The molecule has 0 radical (unpaired) electrons. The second kappa shape index (κ2) is 5.95. The molecule has 1 aromatic carbocycles.